The Labute approximate surface area is 163 Å². The van der Waals surface area contributed by atoms with Crippen LogP contribution in [0.25, 0.3) is 10.9 Å². The summed E-state index contributed by atoms with van der Waals surface area (Å²) in [4.78, 5) is 7.42. The van der Waals surface area contributed by atoms with Gasteiger partial charge in [0.25, 0.3) is 0 Å². The van der Waals surface area contributed by atoms with Crippen LogP contribution in [0.3, 0.4) is 0 Å². The lowest BCUT2D eigenvalue weighted by molar-refractivity contribution is 0.224. The number of hydrogen-bond acceptors (Lipinski definition) is 2. The molecule has 0 bridgehead atoms. The molecule has 2 aromatic carbocycles. The minimum Gasteiger partial charge on any atom is -0.349 e. The number of hydrogen-bond donors (Lipinski definition) is 1. The van der Waals surface area contributed by atoms with Gasteiger partial charge < -0.3 is 4.98 Å². The monoisotopic (exact) mass is 380 g/mol. The van der Waals surface area contributed by atoms with Crippen molar-refractivity contribution in [1.82, 2.24) is 9.88 Å². The molecule has 3 aromatic rings. The molecule has 1 aromatic heterocycles. The van der Waals surface area contributed by atoms with Gasteiger partial charge in [-0.15, -0.1) is 0 Å². The van der Waals surface area contributed by atoms with E-state index >= 15 is 0 Å². The van der Waals surface area contributed by atoms with Crippen LogP contribution < -0.4 is 0 Å². The Balaban J connectivity index is 1.64. The number of aromatic nitrogens is 1. The number of nitrogens with one attached hydrogen (secondary N) is 1. The summed E-state index contributed by atoms with van der Waals surface area (Å²) in [6.45, 7) is 3.32. The van der Waals surface area contributed by atoms with Crippen LogP contribution in [-0.4, -0.2) is 29.5 Å². The molecule has 0 radical (unpaired) electrons. The van der Waals surface area contributed by atoms with Crippen molar-refractivity contribution in [1.29, 1.82) is 0 Å². The molecule has 2 heterocycles. The maximum absolute atomic E-state index is 6.04. The first-order valence-electron chi connectivity index (χ1n) is 9.04. The number of halogens is 1. The Morgan fingerprint density at radius 2 is 1.96 bits per heavy atom. The van der Waals surface area contributed by atoms with Crippen LogP contribution in [0.1, 0.15) is 24.0 Å². The number of rotatable bonds is 2. The molecular formula is C22H21ClN2S. The molecule has 0 fully saturated rings. The lowest BCUT2D eigenvalue weighted by Gasteiger charge is -2.41. The molecular weight excluding hydrogens is 360 g/mol. The molecule has 2 atom stereocenters. The predicted octanol–water partition coefficient (Wildman–Crippen LogP) is 5.87. The molecule has 0 saturated heterocycles. The van der Waals surface area contributed by atoms with Gasteiger partial charge in [-0.05, 0) is 61.9 Å². The first-order chi connectivity index (χ1) is 12.6. The van der Waals surface area contributed by atoms with Gasteiger partial charge in [-0.2, -0.15) is 0 Å². The molecule has 26 heavy (non-hydrogen) atoms. The van der Waals surface area contributed by atoms with Crippen molar-refractivity contribution >= 4 is 34.3 Å². The van der Waals surface area contributed by atoms with E-state index in [9.17, 15) is 0 Å². The highest BCUT2D eigenvalue weighted by Crippen LogP contribution is 2.46. The van der Waals surface area contributed by atoms with Crippen LogP contribution >= 0.6 is 23.4 Å². The molecule has 2 nitrogen and oxygen atoms in total. The SMILES string of the molecule is CC1=C[C@@H]2c3cccc4[nH]c(Sc5ccc(Cl)cc5)c(c34)C[C@H]2N(C)C1. The van der Waals surface area contributed by atoms with E-state index in [2.05, 4.69) is 60.3 Å². The third-order valence-electron chi connectivity index (χ3n) is 5.67. The molecule has 0 spiro atoms. The Hall–Kier alpha value is -1.68. The van der Waals surface area contributed by atoms with Crippen LogP contribution in [-0.2, 0) is 6.42 Å². The molecule has 0 unspecified atom stereocenters. The van der Waals surface area contributed by atoms with E-state index in [1.165, 1.54) is 37.5 Å². The standard InChI is InChI=1S/C22H21ClN2S/c1-13-10-17-16-4-3-5-19-21(16)18(11-20(17)25(2)12-13)22(24-19)26-15-8-6-14(23)7-9-15/h3-10,17,20,24H,11-12H2,1-2H3/t17-,20-/m1/s1. The van der Waals surface area contributed by atoms with Crippen LogP contribution in [0.5, 0.6) is 0 Å². The highest BCUT2D eigenvalue weighted by atomic mass is 35.5. The topological polar surface area (TPSA) is 19.0 Å². The largest absolute Gasteiger partial charge is 0.349 e. The summed E-state index contributed by atoms with van der Waals surface area (Å²) in [5.74, 6) is 0.495. The fourth-order valence-corrected chi connectivity index (χ4v) is 5.65. The van der Waals surface area contributed by atoms with E-state index in [1.54, 1.807) is 0 Å². The summed E-state index contributed by atoms with van der Waals surface area (Å²) in [5, 5.41) is 3.49. The Morgan fingerprint density at radius 1 is 1.15 bits per heavy atom. The van der Waals surface area contributed by atoms with Gasteiger partial charge in [-0.3, -0.25) is 4.90 Å². The molecule has 1 N–H and O–H groups in total. The zero-order valence-electron chi connectivity index (χ0n) is 14.9. The van der Waals surface area contributed by atoms with E-state index in [4.69, 9.17) is 11.6 Å². The van der Waals surface area contributed by atoms with Gasteiger partial charge in [0.2, 0.25) is 0 Å². The van der Waals surface area contributed by atoms with Crippen molar-refractivity contribution in [3.63, 3.8) is 0 Å². The second kappa shape index (κ2) is 6.19. The summed E-state index contributed by atoms with van der Waals surface area (Å²) in [5.41, 5.74) is 5.67. The zero-order chi connectivity index (χ0) is 17.8. The summed E-state index contributed by atoms with van der Waals surface area (Å²) in [6, 6.07) is 15.4. The van der Waals surface area contributed by atoms with Crippen molar-refractivity contribution < 1.29 is 0 Å². The van der Waals surface area contributed by atoms with Gasteiger partial charge in [0.05, 0.1) is 5.03 Å². The van der Waals surface area contributed by atoms with Crippen LogP contribution in [0.15, 0.2) is 64.0 Å². The summed E-state index contributed by atoms with van der Waals surface area (Å²) in [7, 11) is 2.26. The van der Waals surface area contributed by atoms with E-state index in [1.807, 2.05) is 23.9 Å². The first kappa shape index (κ1) is 16.5. The van der Waals surface area contributed by atoms with E-state index < -0.39 is 0 Å². The van der Waals surface area contributed by atoms with Crippen molar-refractivity contribution in [2.45, 2.75) is 35.2 Å². The maximum atomic E-state index is 6.04. The number of nitrogens with zero attached hydrogens (tertiary/aromatic N) is 1. The minimum atomic E-state index is 0.495. The fourth-order valence-electron chi connectivity index (χ4n) is 4.55. The van der Waals surface area contributed by atoms with E-state index in [-0.39, 0.29) is 0 Å². The minimum absolute atomic E-state index is 0.495. The van der Waals surface area contributed by atoms with Crippen molar-refractivity contribution in [3.8, 4) is 0 Å². The molecule has 1 aliphatic heterocycles. The van der Waals surface area contributed by atoms with Gasteiger partial charge in [-0.25, -0.2) is 0 Å². The molecule has 2 aliphatic rings. The van der Waals surface area contributed by atoms with Gasteiger partial charge in [-0.1, -0.05) is 47.1 Å². The molecule has 0 amide bonds. The van der Waals surface area contributed by atoms with Crippen LogP contribution in [0.2, 0.25) is 5.02 Å². The summed E-state index contributed by atoms with van der Waals surface area (Å²) in [6.07, 6.45) is 3.58. The summed E-state index contributed by atoms with van der Waals surface area (Å²) < 4.78 is 0. The first-order valence-corrected chi connectivity index (χ1v) is 10.2. The quantitative estimate of drug-likeness (QED) is 0.560. The number of likely N-dealkylation sites (N-methyl/N-ethyl adjacent to an activating group) is 1. The Morgan fingerprint density at radius 3 is 2.77 bits per heavy atom. The van der Waals surface area contributed by atoms with E-state index in [0.29, 0.717) is 12.0 Å². The van der Waals surface area contributed by atoms with Crippen molar-refractivity contribution in [2.75, 3.05) is 13.6 Å². The predicted molar refractivity (Wildman–Crippen MR) is 110 cm³/mol. The fraction of sp³-hybridized carbons (Fsp3) is 0.273. The smallest absolute Gasteiger partial charge is 0.0814 e. The number of aromatic amines is 1. The maximum Gasteiger partial charge on any atom is 0.0814 e. The number of H-pyrrole nitrogens is 1. The van der Waals surface area contributed by atoms with Crippen LogP contribution in [0, 0.1) is 0 Å². The Kier molecular flexibility index (Phi) is 3.93. The molecule has 132 valence electrons. The van der Waals surface area contributed by atoms with Crippen molar-refractivity contribution in [3.05, 3.63) is 70.3 Å². The molecule has 0 saturated carbocycles. The molecule has 1 aliphatic carbocycles. The Bertz CT molecular complexity index is 1020. The summed E-state index contributed by atoms with van der Waals surface area (Å²) >= 11 is 7.85. The normalized spacial score (nSPS) is 22.3. The highest BCUT2D eigenvalue weighted by Gasteiger charge is 2.36. The third kappa shape index (κ3) is 2.61. The highest BCUT2D eigenvalue weighted by molar-refractivity contribution is 7.99. The molecule has 5 rings (SSSR count). The van der Waals surface area contributed by atoms with Gasteiger partial charge in [0.1, 0.15) is 0 Å². The average molecular weight is 381 g/mol. The average Bonchev–Trinajstić information content (AvgIpc) is 2.97. The molecule has 4 heteroatoms. The van der Waals surface area contributed by atoms with Gasteiger partial charge in [0, 0.05) is 39.3 Å². The zero-order valence-corrected chi connectivity index (χ0v) is 16.5. The second-order valence-corrected chi connectivity index (χ2v) is 9.00. The van der Waals surface area contributed by atoms with Gasteiger partial charge in [0.15, 0.2) is 0 Å². The van der Waals surface area contributed by atoms with Crippen LogP contribution in [0.4, 0.5) is 0 Å². The van der Waals surface area contributed by atoms with Gasteiger partial charge >= 0.3 is 0 Å². The lowest BCUT2D eigenvalue weighted by atomic mass is 9.77. The number of fused-ring (bicyclic) bond motifs is 2. The third-order valence-corrected chi connectivity index (χ3v) is 6.98. The second-order valence-electron chi connectivity index (χ2n) is 7.48. The van der Waals surface area contributed by atoms with E-state index in [0.717, 1.165) is 18.0 Å². The van der Waals surface area contributed by atoms with Crippen molar-refractivity contribution in [2.24, 2.45) is 0 Å². The number of benzene rings is 2. The lowest BCUT2D eigenvalue weighted by Crippen LogP contribution is -2.43.